The highest BCUT2D eigenvalue weighted by Crippen LogP contribution is 2.32. The summed E-state index contributed by atoms with van der Waals surface area (Å²) in [6.45, 7) is 2.88. The molecule has 0 aromatic heterocycles. The van der Waals surface area contributed by atoms with Crippen LogP contribution in [0.4, 0.5) is 0 Å². The first kappa shape index (κ1) is 13.2. The smallest absolute Gasteiger partial charge is 0.119 e. The number of ether oxygens (including phenoxy) is 1. The summed E-state index contributed by atoms with van der Waals surface area (Å²) >= 11 is 3.74. The SMILES string of the molecule is CCCOc1cccc(C(Br)c2ccccc2)c1. The summed E-state index contributed by atoms with van der Waals surface area (Å²) in [4.78, 5) is 0.212. The first-order valence-corrected chi connectivity index (χ1v) is 7.14. The Morgan fingerprint density at radius 2 is 1.72 bits per heavy atom. The number of rotatable bonds is 5. The molecular weight excluding hydrogens is 288 g/mol. The van der Waals surface area contributed by atoms with E-state index in [4.69, 9.17) is 4.74 Å². The van der Waals surface area contributed by atoms with Crippen molar-refractivity contribution in [3.05, 3.63) is 65.7 Å². The van der Waals surface area contributed by atoms with Crippen molar-refractivity contribution in [2.24, 2.45) is 0 Å². The Kier molecular flexibility index (Phi) is 4.82. The second-order valence-corrected chi connectivity index (χ2v) is 5.11. The van der Waals surface area contributed by atoms with Crippen molar-refractivity contribution in [1.29, 1.82) is 0 Å². The first-order valence-electron chi connectivity index (χ1n) is 6.23. The van der Waals surface area contributed by atoms with Gasteiger partial charge in [0.2, 0.25) is 0 Å². The van der Waals surface area contributed by atoms with E-state index < -0.39 is 0 Å². The lowest BCUT2D eigenvalue weighted by Gasteiger charge is -2.12. The molecule has 1 unspecified atom stereocenters. The maximum atomic E-state index is 5.66. The largest absolute Gasteiger partial charge is 0.494 e. The Balaban J connectivity index is 2.17. The molecule has 2 aromatic rings. The maximum absolute atomic E-state index is 5.66. The molecule has 0 radical (unpaired) electrons. The highest BCUT2D eigenvalue weighted by Gasteiger charge is 2.10. The Hall–Kier alpha value is -1.28. The standard InChI is InChI=1S/C16H17BrO/c1-2-11-18-15-10-6-9-14(12-15)16(17)13-7-4-3-5-8-13/h3-10,12,16H,2,11H2,1H3. The molecule has 0 spiro atoms. The molecule has 0 saturated heterocycles. The van der Waals surface area contributed by atoms with Crippen LogP contribution in [0.3, 0.4) is 0 Å². The molecule has 0 aliphatic rings. The van der Waals surface area contributed by atoms with Gasteiger partial charge in [-0.1, -0.05) is 65.3 Å². The van der Waals surface area contributed by atoms with E-state index in [9.17, 15) is 0 Å². The minimum atomic E-state index is 0.212. The van der Waals surface area contributed by atoms with Gasteiger partial charge in [-0.05, 0) is 29.7 Å². The van der Waals surface area contributed by atoms with E-state index in [1.165, 1.54) is 11.1 Å². The van der Waals surface area contributed by atoms with Gasteiger partial charge in [0.1, 0.15) is 5.75 Å². The van der Waals surface area contributed by atoms with Gasteiger partial charge in [-0.15, -0.1) is 0 Å². The highest BCUT2D eigenvalue weighted by molar-refractivity contribution is 9.09. The number of hydrogen-bond donors (Lipinski definition) is 0. The van der Waals surface area contributed by atoms with Crippen molar-refractivity contribution >= 4 is 15.9 Å². The van der Waals surface area contributed by atoms with Gasteiger partial charge in [0.05, 0.1) is 11.4 Å². The molecular formula is C16H17BrO. The van der Waals surface area contributed by atoms with Gasteiger partial charge in [-0.2, -0.15) is 0 Å². The third-order valence-electron chi connectivity index (χ3n) is 2.72. The molecule has 0 saturated carbocycles. The van der Waals surface area contributed by atoms with Crippen LogP contribution in [0.1, 0.15) is 29.3 Å². The van der Waals surface area contributed by atoms with Gasteiger partial charge in [0, 0.05) is 0 Å². The zero-order valence-electron chi connectivity index (χ0n) is 10.5. The van der Waals surface area contributed by atoms with Crippen LogP contribution in [0.25, 0.3) is 0 Å². The van der Waals surface area contributed by atoms with Crippen molar-refractivity contribution in [3.8, 4) is 5.75 Å². The lowest BCUT2D eigenvalue weighted by Crippen LogP contribution is -1.97. The molecule has 1 nitrogen and oxygen atoms in total. The van der Waals surface area contributed by atoms with Crippen LogP contribution in [0.15, 0.2) is 54.6 Å². The number of halogens is 1. The molecule has 0 amide bonds. The Bertz CT molecular complexity index is 481. The minimum Gasteiger partial charge on any atom is -0.494 e. The predicted octanol–water partition coefficient (Wildman–Crippen LogP) is 4.96. The lowest BCUT2D eigenvalue weighted by atomic mass is 10.0. The van der Waals surface area contributed by atoms with Crippen molar-refractivity contribution < 1.29 is 4.74 Å². The molecule has 0 N–H and O–H groups in total. The molecule has 0 bridgehead atoms. The average Bonchev–Trinajstić information content (AvgIpc) is 2.45. The zero-order chi connectivity index (χ0) is 12.8. The van der Waals surface area contributed by atoms with Crippen LogP contribution >= 0.6 is 15.9 Å². The summed E-state index contributed by atoms with van der Waals surface area (Å²) < 4.78 is 5.66. The third kappa shape index (κ3) is 3.36. The van der Waals surface area contributed by atoms with Crippen molar-refractivity contribution in [2.45, 2.75) is 18.2 Å². The quantitative estimate of drug-likeness (QED) is 0.709. The normalized spacial score (nSPS) is 12.1. The van der Waals surface area contributed by atoms with Gasteiger partial charge < -0.3 is 4.74 Å². The van der Waals surface area contributed by atoms with Crippen molar-refractivity contribution in [2.75, 3.05) is 6.61 Å². The Morgan fingerprint density at radius 1 is 1.00 bits per heavy atom. The molecule has 0 aliphatic carbocycles. The molecule has 1 atom stereocenters. The molecule has 2 heteroatoms. The average molecular weight is 305 g/mol. The zero-order valence-corrected chi connectivity index (χ0v) is 12.1. The minimum absolute atomic E-state index is 0.212. The fourth-order valence-corrected chi connectivity index (χ4v) is 2.39. The summed E-state index contributed by atoms with van der Waals surface area (Å²) in [7, 11) is 0. The predicted molar refractivity (Wildman–Crippen MR) is 79.4 cm³/mol. The Labute approximate surface area is 117 Å². The number of hydrogen-bond acceptors (Lipinski definition) is 1. The van der Waals surface area contributed by atoms with Crippen LogP contribution in [-0.4, -0.2) is 6.61 Å². The Morgan fingerprint density at radius 3 is 2.44 bits per heavy atom. The van der Waals surface area contributed by atoms with Gasteiger partial charge in [0.25, 0.3) is 0 Å². The van der Waals surface area contributed by atoms with Crippen LogP contribution < -0.4 is 4.74 Å². The van der Waals surface area contributed by atoms with Gasteiger partial charge in [-0.3, -0.25) is 0 Å². The maximum Gasteiger partial charge on any atom is 0.119 e. The summed E-state index contributed by atoms with van der Waals surface area (Å²) in [6.07, 6.45) is 1.03. The third-order valence-corrected chi connectivity index (χ3v) is 3.77. The molecule has 0 aliphatic heterocycles. The topological polar surface area (TPSA) is 9.23 Å². The van der Waals surface area contributed by atoms with Crippen LogP contribution in [0.2, 0.25) is 0 Å². The van der Waals surface area contributed by atoms with Gasteiger partial charge in [-0.25, -0.2) is 0 Å². The van der Waals surface area contributed by atoms with E-state index >= 15 is 0 Å². The first-order chi connectivity index (χ1) is 8.81. The van der Waals surface area contributed by atoms with E-state index in [0.29, 0.717) is 0 Å². The van der Waals surface area contributed by atoms with Gasteiger partial charge >= 0.3 is 0 Å². The lowest BCUT2D eigenvalue weighted by molar-refractivity contribution is 0.317. The van der Waals surface area contributed by atoms with Crippen molar-refractivity contribution in [3.63, 3.8) is 0 Å². The number of benzene rings is 2. The summed E-state index contributed by atoms with van der Waals surface area (Å²) in [5.74, 6) is 0.940. The number of alkyl halides is 1. The van der Waals surface area contributed by atoms with E-state index in [2.05, 4.69) is 59.3 Å². The van der Waals surface area contributed by atoms with E-state index in [1.807, 2.05) is 18.2 Å². The van der Waals surface area contributed by atoms with Crippen molar-refractivity contribution in [1.82, 2.24) is 0 Å². The molecule has 94 valence electrons. The fraction of sp³-hybridized carbons (Fsp3) is 0.250. The highest BCUT2D eigenvalue weighted by atomic mass is 79.9. The van der Waals surface area contributed by atoms with Crippen LogP contribution in [0, 0.1) is 0 Å². The molecule has 2 rings (SSSR count). The second kappa shape index (κ2) is 6.60. The van der Waals surface area contributed by atoms with Crippen LogP contribution in [0.5, 0.6) is 5.75 Å². The van der Waals surface area contributed by atoms with Gasteiger partial charge in [0.15, 0.2) is 0 Å². The summed E-state index contributed by atoms with van der Waals surface area (Å²) in [6, 6.07) is 18.7. The summed E-state index contributed by atoms with van der Waals surface area (Å²) in [5, 5.41) is 0. The second-order valence-electron chi connectivity index (χ2n) is 4.19. The monoisotopic (exact) mass is 304 g/mol. The van der Waals surface area contributed by atoms with Crippen LogP contribution in [-0.2, 0) is 0 Å². The molecule has 2 aromatic carbocycles. The molecule has 0 fully saturated rings. The summed E-state index contributed by atoms with van der Waals surface area (Å²) in [5.41, 5.74) is 2.47. The molecule has 18 heavy (non-hydrogen) atoms. The fourth-order valence-electron chi connectivity index (χ4n) is 1.80. The van der Waals surface area contributed by atoms with E-state index in [0.717, 1.165) is 18.8 Å². The van der Waals surface area contributed by atoms with E-state index in [-0.39, 0.29) is 4.83 Å². The molecule has 0 heterocycles. The van der Waals surface area contributed by atoms with E-state index in [1.54, 1.807) is 0 Å².